The highest BCUT2D eigenvalue weighted by molar-refractivity contribution is 5.97. The summed E-state index contributed by atoms with van der Waals surface area (Å²) in [7, 11) is 0. The van der Waals surface area contributed by atoms with Gasteiger partial charge in [0.05, 0.1) is 18.2 Å². The number of hydrogen-bond acceptors (Lipinski definition) is 3. The van der Waals surface area contributed by atoms with E-state index in [9.17, 15) is 13.6 Å². The first kappa shape index (κ1) is 13.6. The van der Waals surface area contributed by atoms with Crippen LogP contribution in [0.15, 0.2) is 18.2 Å². The van der Waals surface area contributed by atoms with Crippen molar-refractivity contribution < 1.29 is 13.6 Å². The molecule has 0 N–H and O–H groups in total. The van der Waals surface area contributed by atoms with E-state index in [-0.39, 0.29) is 17.9 Å². The Morgan fingerprint density at radius 1 is 1.42 bits per heavy atom. The van der Waals surface area contributed by atoms with Crippen molar-refractivity contribution in [2.24, 2.45) is 0 Å². The summed E-state index contributed by atoms with van der Waals surface area (Å²) in [4.78, 5) is 13.9. The Morgan fingerprint density at radius 2 is 2.16 bits per heavy atom. The van der Waals surface area contributed by atoms with Crippen molar-refractivity contribution in [3.05, 3.63) is 35.4 Å². The van der Waals surface area contributed by atoms with E-state index in [1.54, 1.807) is 0 Å². The Kier molecular flexibility index (Phi) is 4.23. The zero-order chi connectivity index (χ0) is 13.8. The van der Waals surface area contributed by atoms with Crippen LogP contribution in [0.4, 0.5) is 8.78 Å². The van der Waals surface area contributed by atoms with E-state index in [2.05, 4.69) is 0 Å². The van der Waals surface area contributed by atoms with Gasteiger partial charge in [-0.15, -0.1) is 0 Å². The van der Waals surface area contributed by atoms with Gasteiger partial charge in [0, 0.05) is 25.1 Å². The van der Waals surface area contributed by atoms with E-state index in [4.69, 9.17) is 5.26 Å². The average molecular weight is 264 g/mol. The number of nitrogens with zero attached hydrogens (tertiary/aromatic N) is 2. The summed E-state index contributed by atoms with van der Waals surface area (Å²) in [6.45, 7) is 0.588. The molecule has 2 rings (SSSR count). The number of hydrogen-bond donors (Lipinski definition) is 0. The zero-order valence-corrected chi connectivity index (χ0v) is 10.4. The lowest BCUT2D eigenvalue weighted by atomic mass is 10.1. The molecule has 0 spiro atoms. The molecule has 1 aromatic rings. The zero-order valence-electron chi connectivity index (χ0n) is 10.4. The van der Waals surface area contributed by atoms with Crippen LogP contribution >= 0.6 is 0 Å². The minimum absolute atomic E-state index is 0.0783. The molecule has 0 bridgehead atoms. The summed E-state index contributed by atoms with van der Waals surface area (Å²) in [5, 5.41) is 8.58. The largest absolute Gasteiger partial charge is 0.293 e. The van der Waals surface area contributed by atoms with E-state index < -0.39 is 11.6 Å². The molecular formula is C14H14F2N2O. The molecule has 100 valence electrons. The molecule has 1 aromatic carbocycles. The Morgan fingerprint density at radius 3 is 2.74 bits per heavy atom. The molecule has 1 saturated carbocycles. The van der Waals surface area contributed by atoms with Crippen LogP contribution in [0.2, 0.25) is 0 Å². The summed E-state index contributed by atoms with van der Waals surface area (Å²) in [6, 6.07) is 5.31. The molecule has 5 heteroatoms. The topological polar surface area (TPSA) is 44.1 Å². The van der Waals surface area contributed by atoms with Crippen molar-refractivity contribution in [2.75, 3.05) is 13.1 Å². The second kappa shape index (κ2) is 5.89. The Hall–Kier alpha value is -1.80. The Bertz CT molecular complexity index is 521. The van der Waals surface area contributed by atoms with Gasteiger partial charge in [0.25, 0.3) is 0 Å². The molecule has 0 unspecified atom stereocenters. The van der Waals surface area contributed by atoms with Crippen molar-refractivity contribution in [3.8, 4) is 6.07 Å². The second-order valence-electron chi connectivity index (χ2n) is 4.66. The van der Waals surface area contributed by atoms with Gasteiger partial charge < -0.3 is 0 Å². The number of halogens is 2. The van der Waals surface area contributed by atoms with Gasteiger partial charge in [-0.1, -0.05) is 0 Å². The molecule has 1 aliphatic rings. The third kappa shape index (κ3) is 3.58. The van der Waals surface area contributed by atoms with Gasteiger partial charge >= 0.3 is 0 Å². The van der Waals surface area contributed by atoms with Gasteiger partial charge in [0.15, 0.2) is 5.78 Å². The molecule has 0 atom stereocenters. The monoisotopic (exact) mass is 264 g/mol. The van der Waals surface area contributed by atoms with Crippen LogP contribution in [-0.2, 0) is 0 Å². The lowest BCUT2D eigenvalue weighted by Crippen LogP contribution is -2.33. The smallest absolute Gasteiger partial charge is 0.179 e. The quantitative estimate of drug-likeness (QED) is 0.742. The normalized spacial score (nSPS) is 14.4. The number of carbonyl (C=O) groups is 1. The number of Topliss-reactive ketones (excluding diaryl/α,β-unsaturated/α-hetero) is 1. The molecule has 1 fully saturated rings. The fraction of sp³-hybridized carbons (Fsp3) is 0.429. The maximum atomic E-state index is 13.5. The van der Waals surface area contributed by atoms with E-state index >= 15 is 0 Å². The highest BCUT2D eigenvalue weighted by Gasteiger charge is 2.30. The van der Waals surface area contributed by atoms with Gasteiger partial charge in [-0.3, -0.25) is 9.69 Å². The highest BCUT2D eigenvalue weighted by Crippen LogP contribution is 2.27. The third-order valence-corrected chi connectivity index (χ3v) is 3.15. The lowest BCUT2D eigenvalue weighted by Gasteiger charge is -2.19. The Labute approximate surface area is 110 Å². The van der Waals surface area contributed by atoms with Crippen LogP contribution in [0.5, 0.6) is 0 Å². The SMILES string of the molecule is N#CCCN(CC(=O)c1ccc(F)cc1F)C1CC1. The number of carbonyl (C=O) groups excluding carboxylic acids is 1. The van der Waals surface area contributed by atoms with Gasteiger partial charge in [-0.05, 0) is 25.0 Å². The minimum Gasteiger partial charge on any atom is -0.293 e. The van der Waals surface area contributed by atoms with E-state index in [1.165, 1.54) is 6.07 Å². The fourth-order valence-corrected chi connectivity index (χ4v) is 2.01. The van der Waals surface area contributed by atoms with Gasteiger partial charge in [-0.2, -0.15) is 5.26 Å². The van der Waals surface area contributed by atoms with Gasteiger partial charge in [-0.25, -0.2) is 8.78 Å². The number of ketones is 1. The summed E-state index contributed by atoms with van der Waals surface area (Å²) in [5.41, 5.74) is -0.0935. The predicted octanol–water partition coefficient (Wildman–Crippen LogP) is 2.53. The van der Waals surface area contributed by atoms with Crippen LogP contribution in [0.3, 0.4) is 0 Å². The first-order chi connectivity index (χ1) is 9.11. The molecule has 1 aliphatic carbocycles. The van der Waals surface area contributed by atoms with E-state index in [0.717, 1.165) is 18.9 Å². The molecule has 0 aromatic heterocycles. The van der Waals surface area contributed by atoms with Crippen molar-refractivity contribution in [3.63, 3.8) is 0 Å². The van der Waals surface area contributed by atoms with Crippen molar-refractivity contribution in [2.45, 2.75) is 25.3 Å². The van der Waals surface area contributed by atoms with E-state index in [1.807, 2.05) is 11.0 Å². The average Bonchev–Trinajstić information content (AvgIpc) is 3.18. The van der Waals surface area contributed by atoms with Crippen molar-refractivity contribution >= 4 is 5.78 Å². The van der Waals surface area contributed by atoms with Crippen LogP contribution in [-0.4, -0.2) is 29.8 Å². The highest BCUT2D eigenvalue weighted by atomic mass is 19.1. The first-order valence-electron chi connectivity index (χ1n) is 6.21. The van der Waals surface area contributed by atoms with Gasteiger partial charge in [0.2, 0.25) is 0 Å². The molecule has 19 heavy (non-hydrogen) atoms. The summed E-state index contributed by atoms with van der Waals surface area (Å²) in [6.07, 6.45) is 2.35. The van der Waals surface area contributed by atoms with E-state index in [0.29, 0.717) is 25.1 Å². The van der Waals surface area contributed by atoms with Crippen LogP contribution < -0.4 is 0 Å². The third-order valence-electron chi connectivity index (χ3n) is 3.15. The summed E-state index contributed by atoms with van der Waals surface area (Å²) < 4.78 is 26.3. The maximum absolute atomic E-state index is 13.5. The van der Waals surface area contributed by atoms with Crippen LogP contribution in [0.25, 0.3) is 0 Å². The summed E-state index contributed by atoms with van der Waals surface area (Å²) >= 11 is 0. The minimum atomic E-state index is -0.832. The molecule has 0 aliphatic heterocycles. The number of nitriles is 1. The van der Waals surface area contributed by atoms with Gasteiger partial charge in [0.1, 0.15) is 11.6 Å². The maximum Gasteiger partial charge on any atom is 0.179 e. The second-order valence-corrected chi connectivity index (χ2v) is 4.66. The molecule has 3 nitrogen and oxygen atoms in total. The fourth-order valence-electron chi connectivity index (χ4n) is 2.01. The molecular weight excluding hydrogens is 250 g/mol. The molecule has 0 amide bonds. The van der Waals surface area contributed by atoms with Crippen LogP contribution in [0.1, 0.15) is 29.6 Å². The lowest BCUT2D eigenvalue weighted by molar-refractivity contribution is 0.0922. The predicted molar refractivity (Wildman–Crippen MR) is 65.5 cm³/mol. The standard InChI is InChI=1S/C14H14F2N2O/c15-10-2-5-12(13(16)8-10)14(19)9-18(7-1-6-17)11-3-4-11/h2,5,8,11H,1,3-4,7,9H2. The summed E-state index contributed by atoms with van der Waals surface area (Å²) in [5.74, 6) is -1.90. The molecule has 0 heterocycles. The number of rotatable bonds is 6. The molecule has 0 radical (unpaired) electrons. The van der Waals surface area contributed by atoms with Crippen LogP contribution in [0, 0.1) is 23.0 Å². The number of benzene rings is 1. The molecule has 0 saturated heterocycles. The van der Waals surface area contributed by atoms with Crippen molar-refractivity contribution in [1.29, 1.82) is 5.26 Å². The first-order valence-corrected chi connectivity index (χ1v) is 6.21. The van der Waals surface area contributed by atoms with Crippen molar-refractivity contribution in [1.82, 2.24) is 4.90 Å². The Balaban J connectivity index is 2.04.